The molecule has 0 radical (unpaired) electrons. The summed E-state index contributed by atoms with van der Waals surface area (Å²) in [6, 6.07) is -0.830. The third kappa shape index (κ3) is 3.56. The Balaban J connectivity index is 4.58. The molecule has 0 amide bonds. The second kappa shape index (κ2) is 5.50. The van der Waals surface area contributed by atoms with Crippen molar-refractivity contribution < 1.29 is 18.4 Å². The van der Waals surface area contributed by atoms with E-state index >= 15 is 0 Å². The molecule has 0 aliphatic rings. The molecule has 0 aliphatic carbocycles. The number of carbonyl (C=O) groups excluding carboxylic acids is 1. The lowest BCUT2D eigenvalue weighted by atomic mass is 10.4. The van der Waals surface area contributed by atoms with E-state index in [1.165, 1.54) is 6.92 Å². The molecular weight excluding hydrogens is 193 g/mol. The number of carbonyl (C=O) groups is 1. The van der Waals surface area contributed by atoms with Crippen LogP contribution < -0.4 is 5.73 Å². The van der Waals surface area contributed by atoms with E-state index in [2.05, 4.69) is 0 Å². The molecule has 0 fully saturated rings. The Morgan fingerprint density at radius 1 is 1.38 bits per heavy atom. The lowest BCUT2D eigenvalue weighted by Gasteiger charge is -2.16. The van der Waals surface area contributed by atoms with Gasteiger partial charge in [0.1, 0.15) is 0 Å². The molecule has 13 heavy (non-hydrogen) atoms. The van der Waals surface area contributed by atoms with Crippen molar-refractivity contribution in [2.45, 2.75) is 26.8 Å². The van der Waals surface area contributed by atoms with Crippen molar-refractivity contribution >= 4 is 13.1 Å². The molecule has 0 bridgehead atoms. The first-order valence-corrected chi connectivity index (χ1v) is 5.71. The fraction of sp³-hybridized carbons (Fsp3) is 0.857. The van der Waals surface area contributed by atoms with Crippen LogP contribution in [0.2, 0.25) is 0 Å². The highest BCUT2D eigenvalue weighted by Gasteiger charge is 2.35. The van der Waals surface area contributed by atoms with Crippen LogP contribution in [-0.4, -0.2) is 24.8 Å². The predicted molar refractivity (Wildman–Crippen MR) is 49.5 cm³/mol. The van der Waals surface area contributed by atoms with Crippen molar-refractivity contribution in [2.24, 2.45) is 5.73 Å². The van der Waals surface area contributed by atoms with Crippen molar-refractivity contribution in [1.29, 1.82) is 0 Å². The maximum atomic E-state index is 11.7. The van der Waals surface area contributed by atoms with Crippen LogP contribution in [0, 0.1) is 0 Å². The number of hydrogen-bond donors (Lipinski definition) is 1. The highest BCUT2D eigenvalue weighted by molar-refractivity contribution is 7.72. The van der Waals surface area contributed by atoms with Crippen LogP contribution >= 0.6 is 7.60 Å². The molecule has 0 unspecified atom stereocenters. The molecular formula is C7H16NO4P. The Morgan fingerprint density at radius 3 is 2.00 bits per heavy atom. The Bertz CT molecular complexity index is 207. The molecule has 0 spiro atoms. The largest absolute Gasteiger partial charge is 0.398 e. The van der Waals surface area contributed by atoms with Gasteiger partial charge in [0.15, 0.2) is 0 Å². The minimum atomic E-state index is -3.63. The lowest BCUT2D eigenvalue weighted by molar-refractivity contribution is -0.114. The number of rotatable bonds is 6. The molecule has 5 nitrogen and oxygen atoms in total. The normalized spacial score (nSPS) is 14.2. The van der Waals surface area contributed by atoms with Crippen LogP contribution in [0.1, 0.15) is 20.8 Å². The van der Waals surface area contributed by atoms with Crippen LogP contribution in [0.15, 0.2) is 0 Å². The molecule has 0 aromatic carbocycles. The van der Waals surface area contributed by atoms with Gasteiger partial charge in [-0.1, -0.05) is 0 Å². The van der Waals surface area contributed by atoms with Gasteiger partial charge < -0.3 is 14.8 Å². The summed E-state index contributed by atoms with van der Waals surface area (Å²) in [7, 11) is -3.63. The standard InChI is InChI=1S/C7H16NO4P/c1-4-11-13(10,12-5-2)7(9)6(3)8/h6H,4-5,8H2,1-3H3/t6-/m0/s1. The van der Waals surface area contributed by atoms with Crippen molar-refractivity contribution in [2.75, 3.05) is 13.2 Å². The third-order valence-corrected chi connectivity index (χ3v) is 3.40. The minimum absolute atomic E-state index is 0.162. The maximum Gasteiger partial charge on any atom is 0.398 e. The SMILES string of the molecule is CCOP(=O)(OCC)C(=O)[C@H](C)N. The molecule has 0 rings (SSSR count). The molecule has 0 aromatic heterocycles. The van der Waals surface area contributed by atoms with Gasteiger partial charge in [0, 0.05) is 0 Å². The van der Waals surface area contributed by atoms with Crippen molar-refractivity contribution in [3.05, 3.63) is 0 Å². The van der Waals surface area contributed by atoms with Crippen LogP contribution in [0.4, 0.5) is 0 Å². The lowest BCUT2D eigenvalue weighted by Crippen LogP contribution is -2.27. The molecule has 0 aromatic rings. The average molecular weight is 209 g/mol. The summed E-state index contributed by atoms with van der Waals surface area (Å²) in [5, 5.41) is 0. The highest BCUT2D eigenvalue weighted by atomic mass is 31.2. The summed E-state index contributed by atoms with van der Waals surface area (Å²) in [6.45, 7) is 5.05. The van der Waals surface area contributed by atoms with Crippen molar-refractivity contribution in [3.63, 3.8) is 0 Å². The van der Waals surface area contributed by atoms with Gasteiger partial charge in [0.25, 0.3) is 5.52 Å². The van der Waals surface area contributed by atoms with Gasteiger partial charge in [-0.05, 0) is 20.8 Å². The van der Waals surface area contributed by atoms with E-state index in [1.807, 2.05) is 0 Å². The molecule has 0 heterocycles. The molecule has 2 N–H and O–H groups in total. The second-order valence-electron chi connectivity index (χ2n) is 2.46. The Hall–Kier alpha value is -0.220. The molecule has 1 atom stereocenters. The van der Waals surface area contributed by atoms with E-state index in [4.69, 9.17) is 14.8 Å². The first-order valence-electron chi connectivity index (χ1n) is 4.17. The summed E-state index contributed by atoms with van der Waals surface area (Å²) in [4.78, 5) is 11.3. The summed E-state index contributed by atoms with van der Waals surface area (Å²) in [6.07, 6.45) is 0. The van der Waals surface area contributed by atoms with E-state index in [1.54, 1.807) is 13.8 Å². The van der Waals surface area contributed by atoms with E-state index in [0.717, 1.165) is 0 Å². The van der Waals surface area contributed by atoms with E-state index < -0.39 is 19.2 Å². The van der Waals surface area contributed by atoms with E-state index in [9.17, 15) is 9.36 Å². The van der Waals surface area contributed by atoms with Gasteiger partial charge in [-0.25, -0.2) is 0 Å². The Kier molecular flexibility index (Phi) is 5.40. The Morgan fingerprint density at radius 2 is 1.77 bits per heavy atom. The van der Waals surface area contributed by atoms with Gasteiger partial charge in [-0.3, -0.25) is 9.36 Å². The smallest absolute Gasteiger partial charge is 0.321 e. The highest BCUT2D eigenvalue weighted by Crippen LogP contribution is 2.49. The summed E-state index contributed by atoms with van der Waals surface area (Å²) in [5.74, 6) is 0. The first kappa shape index (κ1) is 12.8. The first-order chi connectivity index (χ1) is 5.98. The molecule has 78 valence electrons. The summed E-state index contributed by atoms with van der Waals surface area (Å²) >= 11 is 0. The van der Waals surface area contributed by atoms with E-state index in [-0.39, 0.29) is 13.2 Å². The molecule has 0 saturated carbocycles. The van der Waals surface area contributed by atoms with Crippen molar-refractivity contribution in [3.8, 4) is 0 Å². The molecule has 6 heteroatoms. The van der Waals surface area contributed by atoms with Gasteiger partial charge in [-0.2, -0.15) is 0 Å². The third-order valence-electron chi connectivity index (χ3n) is 1.26. The van der Waals surface area contributed by atoms with Gasteiger partial charge in [-0.15, -0.1) is 0 Å². The fourth-order valence-corrected chi connectivity index (χ4v) is 2.26. The number of nitrogens with two attached hydrogens (primary N) is 1. The van der Waals surface area contributed by atoms with E-state index in [0.29, 0.717) is 0 Å². The number of hydrogen-bond acceptors (Lipinski definition) is 5. The van der Waals surface area contributed by atoms with Crippen molar-refractivity contribution in [1.82, 2.24) is 0 Å². The second-order valence-corrected chi connectivity index (χ2v) is 4.41. The summed E-state index contributed by atoms with van der Waals surface area (Å²) < 4.78 is 21.3. The summed E-state index contributed by atoms with van der Waals surface area (Å²) in [5.41, 5.74) is 4.63. The zero-order valence-corrected chi connectivity index (χ0v) is 9.04. The zero-order chi connectivity index (χ0) is 10.5. The van der Waals surface area contributed by atoms with Crippen LogP contribution in [-0.2, 0) is 18.4 Å². The van der Waals surface area contributed by atoms with Crippen LogP contribution in [0.3, 0.4) is 0 Å². The Labute approximate surface area is 78.1 Å². The maximum absolute atomic E-state index is 11.7. The predicted octanol–water partition coefficient (Wildman–Crippen LogP) is 1.13. The fourth-order valence-electron chi connectivity index (χ4n) is 0.754. The average Bonchev–Trinajstić information content (AvgIpc) is 2.03. The topological polar surface area (TPSA) is 78.6 Å². The monoisotopic (exact) mass is 209 g/mol. The quantitative estimate of drug-likeness (QED) is 0.663. The van der Waals surface area contributed by atoms with Crippen LogP contribution in [0.5, 0.6) is 0 Å². The van der Waals surface area contributed by atoms with Gasteiger partial charge >= 0.3 is 7.60 Å². The van der Waals surface area contributed by atoms with Gasteiger partial charge in [0.2, 0.25) is 0 Å². The minimum Gasteiger partial charge on any atom is -0.321 e. The zero-order valence-electron chi connectivity index (χ0n) is 8.15. The molecule has 0 aliphatic heterocycles. The van der Waals surface area contributed by atoms with Gasteiger partial charge in [0.05, 0.1) is 19.3 Å². The molecule has 0 saturated heterocycles. The van der Waals surface area contributed by atoms with Crippen LogP contribution in [0.25, 0.3) is 0 Å².